The lowest BCUT2D eigenvalue weighted by Gasteiger charge is -2.32. The lowest BCUT2D eigenvalue weighted by Crippen LogP contribution is -2.44. The fourth-order valence-corrected chi connectivity index (χ4v) is 2.95. The van der Waals surface area contributed by atoms with Crippen LogP contribution >= 0.6 is 0 Å². The minimum absolute atomic E-state index is 0.795. The van der Waals surface area contributed by atoms with Gasteiger partial charge in [-0.2, -0.15) is 0 Å². The number of hydrogen-bond donors (Lipinski definition) is 1. The number of nitrogens with zero attached hydrogens (tertiary/aromatic N) is 2. The monoisotopic (exact) mass is 303 g/mol. The highest BCUT2D eigenvalue weighted by Gasteiger charge is 2.24. The Hall–Kier alpha value is -1.91. The molecular weight excluding hydrogens is 278 g/mol. The van der Waals surface area contributed by atoms with Crippen molar-refractivity contribution in [3.63, 3.8) is 0 Å². The number of fused-ring (bicyclic) bond motifs is 1. The van der Waals surface area contributed by atoms with Crippen LogP contribution in [0.15, 0.2) is 17.1 Å². The molecule has 0 atom stereocenters. The Morgan fingerprint density at radius 1 is 1.23 bits per heavy atom. The van der Waals surface area contributed by atoms with E-state index in [4.69, 9.17) is 9.47 Å². The number of nitrogens with one attached hydrogen (secondary N) is 1. The van der Waals surface area contributed by atoms with Crippen molar-refractivity contribution in [2.75, 3.05) is 34.4 Å². The van der Waals surface area contributed by atoms with E-state index in [2.05, 4.69) is 27.3 Å². The molecule has 1 aromatic rings. The minimum Gasteiger partial charge on any atom is -0.493 e. The van der Waals surface area contributed by atoms with Crippen molar-refractivity contribution < 1.29 is 9.47 Å². The predicted molar refractivity (Wildman–Crippen MR) is 87.7 cm³/mol. The van der Waals surface area contributed by atoms with E-state index in [1.54, 1.807) is 14.2 Å². The highest BCUT2D eigenvalue weighted by atomic mass is 16.5. The summed E-state index contributed by atoms with van der Waals surface area (Å²) in [6.07, 6.45) is 3.70. The van der Waals surface area contributed by atoms with Crippen molar-refractivity contribution in [3.8, 4) is 11.5 Å². The van der Waals surface area contributed by atoms with E-state index in [0.717, 1.165) is 49.4 Å². The maximum Gasteiger partial charge on any atom is 0.193 e. The van der Waals surface area contributed by atoms with Crippen LogP contribution in [-0.4, -0.2) is 45.2 Å². The first-order valence-electron chi connectivity index (χ1n) is 7.94. The van der Waals surface area contributed by atoms with E-state index in [1.807, 2.05) is 7.05 Å². The quantitative estimate of drug-likeness (QED) is 0.683. The Morgan fingerprint density at radius 2 is 1.91 bits per heavy atom. The van der Waals surface area contributed by atoms with Crippen molar-refractivity contribution in [2.24, 2.45) is 10.9 Å². The second-order valence-corrected chi connectivity index (χ2v) is 6.02. The molecule has 0 unspecified atom stereocenters. The molecule has 120 valence electrons. The van der Waals surface area contributed by atoms with Crippen LogP contribution in [0.5, 0.6) is 11.5 Å². The largest absolute Gasteiger partial charge is 0.493 e. The van der Waals surface area contributed by atoms with E-state index in [0.29, 0.717) is 0 Å². The standard InChI is InChI=1S/C17H25N3O2/c1-18-17(19-10-12-4-5-12)20-7-6-13-8-15(21-2)16(22-3)9-14(13)11-20/h8-9,12H,4-7,10-11H2,1-3H3,(H,18,19). The average molecular weight is 303 g/mol. The van der Waals surface area contributed by atoms with Gasteiger partial charge in [-0.3, -0.25) is 4.99 Å². The number of rotatable bonds is 4. The van der Waals surface area contributed by atoms with Gasteiger partial charge in [0.25, 0.3) is 0 Å². The van der Waals surface area contributed by atoms with Crippen LogP contribution in [0.4, 0.5) is 0 Å². The van der Waals surface area contributed by atoms with Crippen molar-refractivity contribution in [1.82, 2.24) is 10.2 Å². The summed E-state index contributed by atoms with van der Waals surface area (Å²) < 4.78 is 10.8. The van der Waals surface area contributed by atoms with Crippen molar-refractivity contribution in [3.05, 3.63) is 23.3 Å². The fraction of sp³-hybridized carbons (Fsp3) is 0.588. The van der Waals surface area contributed by atoms with Gasteiger partial charge in [-0.1, -0.05) is 0 Å². The molecule has 0 radical (unpaired) electrons. The lowest BCUT2D eigenvalue weighted by molar-refractivity contribution is 0.346. The van der Waals surface area contributed by atoms with E-state index >= 15 is 0 Å². The second kappa shape index (κ2) is 6.46. The summed E-state index contributed by atoms with van der Waals surface area (Å²) >= 11 is 0. The fourth-order valence-electron chi connectivity index (χ4n) is 2.95. The lowest BCUT2D eigenvalue weighted by atomic mass is 9.99. The van der Waals surface area contributed by atoms with Gasteiger partial charge in [-0.15, -0.1) is 0 Å². The molecule has 1 heterocycles. The number of methoxy groups -OCH3 is 2. The van der Waals surface area contributed by atoms with Gasteiger partial charge in [0.15, 0.2) is 17.5 Å². The number of ether oxygens (including phenoxy) is 2. The van der Waals surface area contributed by atoms with Crippen molar-refractivity contribution in [2.45, 2.75) is 25.8 Å². The molecule has 1 aromatic carbocycles. The summed E-state index contributed by atoms with van der Waals surface area (Å²) in [6.45, 7) is 2.88. The Morgan fingerprint density at radius 3 is 2.50 bits per heavy atom. The van der Waals surface area contributed by atoms with Crippen LogP contribution in [0.1, 0.15) is 24.0 Å². The van der Waals surface area contributed by atoms with E-state index in [9.17, 15) is 0 Å². The van der Waals surface area contributed by atoms with E-state index in [-0.39, 0.29) is 0 Å². The van der Waals surface area contributed by atoms with Gasteiger partial charge in [0.1, 0.15) is 0 Å². The minimum atomic E-state index is 0.795. The topological polar surface area (TPSA) is 46.1 Å². The first-order chi connectivity index (χ1) is 10.7. The van der Waals surface area contributed by atoms with Gasteiger partial charge in [-0.05, 0) is 48.4 Å². The zero-order valence-corrected chi connectivity index (χ0v) is 13.7. The van der Waals surface area contributed by atoms with E-state index in [1.165, 1.54) is 24.0 Å². The number of aliphatic imine (C=N–C) groups is 1. The Kier molecular flexibility index (Phi) is 4.41. The molecule has 22 heavy (non-hydrogen) atoms. The van der Waals surface area contributed by atoms with Gasteiger partial charge in [-0.25, -0.2) is 0 Å². The normalized spacial score (nSPS) is 18.0. The summed E-state index contributed by atoms with van der Waals surface area (Å²) in [7, 11) is 5.23. The average Bonchev–Trinajstić information content (AvgIpc) is 3.38. The second-order valence-electron chi connectivity index (χ2n) is 6.02. The summed E-state index contributed by atoms with van der Waals surface area (Å²) in [5, 5.41) is 3.50. The number of hydrogen-bond acceptors (Lipinski definition) is 3. The molecule has 0 spiro atoms. The molecule has 0 amide bonds. The third-order valence-corrected chi connectivity index (χ3v) is 4.48. The zero-order chi connectivity index (χ0) is 15.5. The molecular formula is C17H25N3O2. The molecule has 1 aliphatic heterocycles. The van der Waals surface area contributed by atoms with Gasteiger partial charge in [0.2, 0.25) is 0 Å². The van der Waals surface area contributed by atoms with E-state index < -0.39 is 0 Å². The highest BCUT2D eigenvalue weighted by molar-refractivity contribution is 5.80. The van der Waals surface area contributed by atoms with Crippen molar-refractivity contribution >= 4 is 5.96 Å². The first-order valence-corrected chi connectivity index (χ1v) is 7.94. The zero-order valence-electron chi connectivity index (χ0n) is 13.7. The maximum atomic E-state index is 5.42. The van der Waals surface area contributed by atoms with Crippen LogP contribution in [0.2, 0.25) is 0 Å². The molecule has 0 aromatic heterocycles. The summed E-state index contributed by atoms with van der Waals surface area (Å²) in [5.74, 6) is 3.46. The van der Waals surface area contributed by atoms with Crippen LogP contribution in [0, 0.1) is 5.92 Å². The molecule has 5 nitrogen and oxygen atoms in total. The molecule has 3 rings (SSSR count). The van der Waals surface area contributed by atoms with Crippen LogP contribution in [0.25, 0.3) is 0 Å². The molecule has 1 aliphatic carbocycles. The van der Waals surface area contributed by atoms with Crippen molar-refractivity contribution in [1.29, 1.82) is 0 Å². The summed E-state index contributed by atoms with van der Waals surface area (Å²) in [4.78, 5) is 6.75. The van der Waals surface area contributed by atoms with Crippen LogP contribution < -0.4 is 14.8 Å². The Bertz CT molecular complexity index is 567. The highest BCUT2D eigenvalue weighted by Crippen LogP contribution is 2.33. The van der Waals surface area contributed by atoms with Gasteiger partial charge < -0.3 is 19.7 Å². The molecule has 2 aliphatic rings. The first kappa shape index (κ1) is 15.0. The molecule has 1 N–H and O–H groups in total. The maximum absolute atomic E-state index is 5.42. The van der Waals surface area contributed by atoms with Gasteiger partial charge >= 0.3 is 0 Å². The molecule has 5 heteroatoms. The summed E-state index contributed by atoms with van der Waals surface area (Å²) in [5.41, 5.74) is 2.63. The molecule has 0 saturated heterocycles. The van der Waals surface area contributed by atoms with Crippen LogP contribution in [0.3, 0.4) is 0 Å². The number of benzene rings is 1. The summed E-state index contributed by atoms with van der Waals surface area (Å²) in [6, 6.07) is 4.19. The molecule has 1 saturated carbocycles. The predicted octanol–water partition coefficient (Wildman–Crippen LogP) is 2.05. The molecule has 0 bridgehead atoms. The SMILES string of the molecule is CN=C(NCC1CC1)N1CCc2cc(OC)c(OC)cc2C1. The number of guanidine groups is 1. The third kappa shape index (κ3) is 3.13. The molecule has 1 fully saturated rings. The Labute approximate surface area is 132 Å². The Balaban J connectivity index is 1.74. The van der Waals surface area contributed by atoms with Gasteiger partial charge in [0, 0.05) is 26.7 Å². The van der Waals surface area contributed by atoms with Gasteiger partial charge in [0.05, 0.1) is 14.2 Å². The van der Waals surface area contributed by atoms with Crippen LogP contribution in [-0.2, 0) is 13.0 Å². The smallest absolute Gasteiger partial charge is 0.193 e. The third-order valence-electron chi connectivity index (χ3n) is 4.48.